The second-order valence-corrected chi connectivity index (χ2v) is 4.27. The first kappa shape index (κ1) is 10.9. The first-order valence-corrected chi connectivity index (χ1v) is 5.28. The summed E-state index contributed by atoms with van der Waals surface area (Å²) in [6, 6.07) is 4.07. The highest BCUT2D eigenvalue weighted by Crippen LogP contribution is 2.32. The van der Waals surface area contributed by atoms with E-state index in [1.54, 1.807) is 0 Å². The average Bonchev–Trinajstić information content (AvgIpc) is 2.10. The van der Waals surface area contributed by atoms with Gasteiger partial charge in [-0.25, -0.2) is 0 Å². The van der Waals surface area contributed by atoms with E-state index in [1.165, 1.54) is 11.1 Å². The predicted octanol–water partition coefficient (Wildman–Crippen LogP) is 4.65. The molecular formula is C11H14Cl2. The van der Waals surface area contributed by atoms with E-state index < -0.39 is 0 Å². The maximum Gasteiger partial charge on any atom is 0.0597 e. The highest BCUT2D eigenvalue weighted by atomic mass is 35.5. The van der Waals surface area contributed by atoms with Crippen molar-refractivity contribution in [1.82, 2.24) is 0 Å². The van der Waals surface area contributed by atoms with Crippen molar-refractivity contribution in [3.05, 3.63) is 33.8 Å². The summed E-state index contributed by atoms with van der Waals surface area (Å²) in [4.78, 5) is 0. The van der Waals surface area contributed by atoms with Crippen LogP contribution in [0.2, 0.25) is 5.02 Å². The zero-order valence-electron chi connectivity index (χ0n) is 8.20. The minimum absolute atomic E-state index is 0.0341. The van der Waals surface area contributed by atoms with Gasteiger partial charge in [-0.2, -0.15) is 0 Å². The number of halogens is 2. The summed E-state index contributed by atoms with van der Waals surface area (Å²) in [5.41, 5.74) is 3.51. The maximum absolute atomic E-state index is 6.14. The fraction of sp³-hybridized carbons (Fsp3) is 0.455. The van der Waals surface area contributed by atoms with Gasteiger partial charge in [0.15, 0.2) is 0 Å². The van der Waals surface area contributed by atoms with E-state index in [2.05, 4.69) is 26.8 Å². The molecule has 1 atom stereocenters. The van der Waals surface area contributed by atoms with Gasteiger partial charge in [-0.05, 0) is 43.0 Å². The highest BCUT2D eigenvalue weighted by molar-refractivity contribution is 6.32. The van der Waals surface area contributed by atoms with Crippen molar-refractivity contribution in [2.75, 3.05) is 0 Å². The smallest absolute Gasteiger partial charge is 0.0597 e. The Hall–Kier alpha value is -0.200. The van der Waals surface area contributed by atoms with Crippen molar-refractivity contribution < 1.29 is 0 Å². The number of hydrogen-bond donors (Lipinski definition) is 0. The molecule has 0 aliphatic carbocycles. The summed E-state index contributed by atoms with van der Waals surface area (Å²) in [5.74, 6) is 0. The van der Waals surface area contributed by atoms with Crippen molar-refractivity contribution in [2.24, 2.45) is 0 Å². The van der Waals surface area contributed by atoms with Gasteiger partial charge in [-0.1, -0.05) is 24.6 Å². The fourth-order valence-electron chi connectivity index (χ4n) is 1.26. The number of rotatable bonds is 2. The molecule has 0 nitrogen and oxygen atoms in total. The Bertz CT molecular complexity index is 305. The lowest BCUT2D eigenvalue weighted by Crippen LogP contribution is -1.92. The van der Waals surface area contributed by atoms with E-state index in [-0.39, 0.29) is 5.38 Å². The monoisotopic (exact) mass is 216 g/mol. The largest absolute Gasteiger partial charge is 0.118 e. The Morgan fingerprint density at radius 1 is 1.23 bits per heavy atom. The summed E-state index contributed by atoms with van der Waals surface area (Å²) in [6.45, 7) is 6.19. The molecule has 1 unspecified atom stereocenters. The molecule has 0 radical (unpaired) electrons. The summed E-state index contributed by atoms with van der Waals surface area (Å²) >= 11 is 12.2. The first-order chi connectivity index (χ1) is 6.06. The molecule has 0 amide bonds. The fourth-order valence-corrected chi connectivity index (χ4v) is 1.85. The molecule has 13 heavy (non-hydrogen) atoms. The molecular weight excluding hydrogens is 203 g/mol. The zero-order chi connectivity index (χ0) is 10.0. The van der Waals surface area contributed by atoms with Crippen LogP contribution in [0.25, 0.3) is 0 Å². The summed E-state index contributed by atoms with van der Waals surface area (Å²) in [6.07, 6.45) is 0.907. The van der Waals surface area contributed by atoms with Crippen LogP contribution in [-0.2, 0) is 0 Å². The Balaban J connectivity index is 3.15. The molecule has 1 aromatic rings. The van der Waals surface area contributed by atoms with Crippen LogP contribution in [0.4, 0.5) is 0 Å². The second kappa shape index (κ2) is 4.34. The lowest BCUT2D eigenvalue weighted by Gasteiger charge is -2.11. The standard InChI is InChI=1S/C11H14Cl2/c1-4-10(12)9-5-7(2)8(3)6-11(9)13/h5-6,10H,4H2,1-3H3. The van der Waals surface area contributed by atoms with Crippen LogP contribution in [0.5, 0.6) is 0 Å². The van der Waals surface area contributed by atoms with Gasteiger partial charge in [-0.15, -0.1) is 11.6 Å². The highest BCUT2D eigenvalue weighted by Gasteiger charge is 2.10. The van der Waals surface area contributed by atoms with Crippen LogP contribution in [0.15, 0.2) is 12.1 Å². The molecule has 0 fully saturated rings. The molecule has 0 spiro atoms. The maximum atomic E-state index is 6.14. The van der Waals surface area contributed by atoms with Gasteiger partial charge < -0.3 is 0 Å². The van der Waals surface area contributed by atoms with Crippen LogP contribution in [-0.4, -0.2) is 0 Å². The van der Waals surface area contributed by atoms with Crippen LogP contribution < -0.4 is 0 Å². The molecule has 1 rings (SSSR count). The molecule has 0 aliphatic rings. The van der Waals surface area contributed by atoms with Gasteiger partial charge in [0.2, 0.25) is 0 Å². The summed E-state index contributed by atoms with van der Waals surface area (Å²) in [5, 5.41) is 0.816. The summed E-state index contributed by atoms with van der Waals surface area (Å²) in [7, 11) is 0. The molecule has 0 N–H and O–H groups in total. The molecule has 0 aliphatic heterocycles. The third-order valence-corrected chi connectivity index (χ3v) is 3.18. The Kier molecular flexibility index (Phi) is 3.63. The van der Waals surface area contributed by atoms with E-state index in [1.807, 2.05) is 6.07 Å². The van der Waals surface area contributed by atoms with Crippen molar-refractivity contribution in [3.8, 4) is 0 Å². The first-order valence-electron chi connectivity index (χ1n) is 4.47. The van der Waals surface area contributed by atoms with Gasteiger partial charge in [0.05, 0.1) is 5.38 Å². The predicted molar refractivity (Wildman–Crippen MR) is 59.8 cm³/mol. The SMILES string of the molecule is CCC(Cl)c1cc(C)c(C)cc1Cl. The minimum atomic E-state index is 0.0341. The molecule has 0 aromatic heterocycles. The molecule has 0 saturated heterocycles. The van der Waals surface area contributed by atoms with Crippen molar-refractivity contribution >= 4 is 23.2 Å². The van der Waals surface area contributed by atoms with Crippen LogP contribution in [0.1, 0.15) is 35.4 Å². The van der Waals surface area contributed by atoms with Gasteiger partial charge in [0.25, 0.3) is 0 Å². The summed E-state index contributed by atoms with van der Waals surface area (Å²) < 4.78 is 0. The van der Waals surface area contributed by atoms with E-state index in [0.29, 0.717) is 0 Å². The Labute approximate surface area is 89.9 Å². The van der Waals surface area contributed by atoms with E-state index >= 15 is 0 Å². The zero-order valence-corrected chi connectivity index (χ0v) is 9.71. The Morgan fingerprint density at radius 3 is 2.31 bits per heavy atom. The lowest BCUT2D eigenvalue weighted by molar-refractivity contribution is 0.881. The lowest BCUT2D eigenvalue weighted by atomic mass is 10.0. The van der Waals surface area contributed by atoms with Crippen molar-refractivity contribution in [1.29, 1.82) is 0 Å². The number of alkyl halides is 1. The quantitative estimate of drug-likeness (QED) is 0.632. The molecule has 0 saturated carbocycles. The van der Waals surface area contributed by atoms with E-state index in [0.717, 1.165) is 17.0 Å². The second-order valence-electron chi connectivity index (χ2n) is 3.33. The van der Waals surface area contributed by atoms with Gasteiger partial charge in [0, 0.05) is 5.02 Å². The molecule has 0 bridgehead atoms. The van der Waals surface area contributed by atoms with Gasteiger partial charge in [-0.3, -0.25) is 0 Å². The molecule has 2 heteroatoms. The Morgan fingerprint density at radius 2 is 1.77 bits per heavy atom. The third-order valence-electron chi connectivity index (χ3n) is 2.31. The van der Waals surface area contributed by atoms with Crippen LogP contribution in [0, 0.1) is 13.8 Å². The molecule has 0 heterocycles. The van der Waals surface area contributed by atoms with Crippen LogP contribution >= 0.6 is 23.2 Å². The van der Waals surface area contributed by atoms with Crippen molar-refractivity contribution in [2.45, 2.75) is 32.6 Å². The normalized spacial score (nSPS) is 13.0. The average molecular weight is 217 g/mol. The van der Waals surface area contributed by atoms with Crippen molar-refractivity contribution in [3.63, 3.8) is 0 Å². The third kappa shape index (κ3) is 2.38. The topological polar surface area (TPSA) is 0 Å². The van der Waals surface area contributed by atoms with Gasteiger partial charge >= 0.3 is 0 Å². The number of hydrogen-bond acceptors (Lipinski definition) is 0. The molecule has 72 valence electrons. The van der Waals surface area contributed by atoms with Crippen LogP contribution in [0.3, 0.4) is 0 Å². The molecule has 1 aromatic carbocycles. The van der Waals surface area contributed by atoms with E-state index in [4.69, 9.17) is 23.2 Å². The minimum Gasteiger partial charge on any atom is -0.118 e. The van der Waals surface area contributed by atoms with E-state index in [9.17, 15) is 0 Å². The number of benzene rings is 1. The number of aryl methyl sites for hydroxylation is 2. The van der Waals surface area contributed by atoms with Gasteiger partial charge in [0.1, 0.15) is 0 Å².